The number of hydrogen-bond acceptors (Lipinski definition) is 2. The lowest BCUT2D eigenvalue weighted by atomic mass is 9.78. The average Bonchev–Trinajstić information content (AvgIpc) is 2.16. The van der Waals surface area contributed by atoms with Crippen LogP contribution in [0.3, 0.4) is 0 Å². The van der Waals surface area contributed by atoms with Crippen molar-refractivity contribution in [3.05, 3.63) is 34.3 Å². The van der Waals surface area contributed by atoms with Crippen molar-refractivity contribution in [2.24, 2.45) is 5.73 Å². The molecule has 3 heteroatoms. The molecule has 0 spiro atoms. The molecule has 1 atom stereocenters. The van der Waals surface area contributed by atoms with Crippen molar-refractivity contribution in [2.75, 3.05) is 6.61 Å². The molecule has 3 N–H and O–H groups in total. The van der Waals surface area contributed by atoms with Gasteiger partial charge in [0.2, 0.25) is 0 Å². The molecular weight excluding hydrogens is 242 g/mol. The van der Waals surface area contributed by atoms with Crippen LogP contribution in [0.1, 0.15) is 19.4 Å². The molecule has 0 aliphatic rings. The molecule has 1 aromatic rings. The van der Waals surface area contributed by atoms with E-state index in [2.05, 4.69) is 15.9 Å². The number of rotatable bonds is 3. The van der Waals surface area contributed by atoms with Gasteiger partial charge in [-0.15, -0.1) is 0 Å². The second-order valence-electron chi connectivity index (χ2n) is 4.02. The van der Waals surface area contributed by atoms with Crippen LogP contribution in [0.25, 0.3) is 0 Å². The van der Waals surface area contributed by atoms with Crippen molar-refractivity contribution in [3.8, 4) is 0 Å². The van der Waals surface area contributed by atoms with Crippen LogP contribution < -0.4 is 5.73 Å². The Hall–Kier alpha value is -0.380. The second kappa shape index (κ2) is 4.43. The minimum absolute atomic E-state index is 0.000483. The molecule has 0 radical (unpaired) electrons. The van der Waals surface area contributed by atoms with Crippen LogP contribution in [0.4, 0.5) is 0 Å². The summed E-state index contributed by atoms with van der Waals surface area (Å²) in [6.45, 7) is 4.07. The smallest absolute Gasteiger partial charge is 0.0591 e. The number of nitrogens with two attached hydrogens (primary N) is 1. The van der Waals surface area contributed by atoms with Crippen LogP contribution in [-0.4, -0.2) is 17.8 Å². The maximum atomic E-state index is 9.06. The zero-order valence-electron chi connectivity index (χ0n) is 8.50. The highest BCUT2D eigenvalue weighted by Crippen LogP contribution is 2.27. The zero-order valence-corrected chi connectivity index (χ0v) is 10.1. The molecule has 0 aliphatic heterocycles. The molecule has 14 heavy (non-hydrogen) atoms. The van der Waals surface area contributed by atoms with Crippen LogP contribution in [0.15, 0.2) is 28.7 Å². The predicted molar refractivity (Wildman–Crippen MR) is 62.2 cm³/mol. The van der Waals surface area contributed by atoms with Crippen LogP contribution in [-0.2, 0) is 5.41 Å². The molecule has 0 fully saturated rings. The van der Waals surface area contributed by atoms with Gasteiger partial charge >= 0.3 is 0 Å². The molecule has 0 aromatic heterocycles. The largest absolute Gasteiger partial charge is 0.395 e. The van der Waals surface area contributed by atoms with E-state index in [1.165, 1.54) is 0 Å². The van der Waals surface area contributed by atoms with Gasteiger partial charge in [-0.3, -0.25) is 0 Å². The Kier molecular flexibility index (Phi) is 3.70. The van der Waals surface area contributed by atoms with Gasteiger partial charge in [0.05, 0.1) is 6.61 Å². The lowest BCUT2D eigenvalue weighted by Crippen LogP contribution is -2.43. The second-order valence-corrected chi connectivity index (χ2v) is 4.94. The van der Waals surface area contributed by atoms with Crippen molar-refractivity contribution in [1.29, 1.82) is 0 Å². The Morgan fingerprint density at radius 2 is 2.14 bits per heavy atom. The Bertz CT molecular complexity index is 312. The molecule has 1 aromatic carbocycles. The minimum Gasteiger partial charge on any atom is -0.395 e. The zero-order chi connectivity index (χ0) is 10.8. The lowest BCUT2D eigenvalue weighted by molar-refractivity contribution is 0.220. The van der Waals surface area contributed by atoms with Gasteiger partial charge in [0.1, 0.15) is 0 Å². The molecule has 0 bridgehead atoms. The summed E-state index contributed by atoms with van der Waals surface area (Å²) in [5, 5.41) is 9.06. The number of aliphatic hydroxyl groups is 1. The van der Waals surface area contributed by atoms with Crippen molar-refractivity contribution < 1.29 is 5.11 Å². The third kappa shape index (κ3) is 2.35. The van der Waals surface area contributed by atoms with E-state index in [0.717, 1.165) is 10.0 Å². The van der Waals surface area contributed by atoms with E-state index in [9.17, 15) is 0 Å². The van der Waals surface area contributed by atoms with Crippen LogP contribution in [0.2, 0.25) is 0 Å². The number of benzene rings is 1. The fraction of sp³-hybridized carbons (Fsp3) is 0.455. The monoisotopic (exact) mass is 257 g/mol. The molecule has 78 valence electrons. The van der Waals surface area contributed by atoms with Crippen molar-refractivity contribution in [1.82, 2.24) is 0 Å². The highest BCUT2D eigenvalue weighted by atomic mass is 79.9. The van der Waals surface area contributed by atoms with Gasteiger partial charge < -0.3 is 10.8 Å². The summed E-state index contributed by atoms with van der Waals surface area (Å²) >= 11 is 3.42. The van der Waals surface area contributed by atoms with Gasteiger partial charge in [0, 0.05) is 15.9 Å². The van der Waals surface area contributed by atoms with Gasteiger partial charge in [0.25, 0.3) is 0 Å². The van der Waals surface area contributed by atoms with Crippen LogP contribution in [0.5, 0.6) is 0 Å². The van der Waals surface area contributed by atoms with E-state index in [0.29, 0.717) is 0 Å². The standard InChI is InChI=1S/C11H16BrNO/c1-11(2,10(13)7-14)8-4-3-5-9(12)6-8/h3-6,10,14H,7,13H2,1-2H3. The fourth-order valence-electron chi connectivity index (χ4n) is 1.33. The quantitative estimate of drug-likeness (QED) is 0.871. The topological polar surface area (TPSA) is 46.2 Å². The molecule has 0 aliphatic carbocycles. The summed E-state index contributed by atoms with van der Waals surface area (Å²) < 4.78 is 1.04. The fourth-order valence-corrected chi connectivity index (χ4v) is 1.73. The molecule has 1 unspecified atom stereocenters. The van der Waals surface area contributed by atoms with E-state index in [-0.39, 0.29) is 18.1 Å². The molecular formula is C11H16BrNO. The summed E-state index contributed by atoms with van der Waals surface area (Å²) in [5.41, 5.74) is 6.79. The van der Waals surface area contributed by atoms with E-state index in [1.807, 2.05) is 38.1 Å². The minimum atomic E-state index is -0.239. The molecule has 0 saturated heterocycles. The summed E-state index contributed by atoms with van der Waals surface area (Å²) in [5.74, 6) is 0. The number of halogens is 1. The van der Waals surface area contributed by atoms with Crippen LogP contribution >= 0.6 is 15.9 Å². The first kappa shape index (κ1) is 11.7. The predicted octanol–water partition coefficient (Wildman–Crippen LogP) is 2.05. The van der Waals surface area contributed by atoms with E-state index in [4.69, 9.17) is 10.8 Å². The Labute approximate surface area is 93.3 Å². The first-order chi connectivity index (χ1) is 6.48. The molecule has 0 amide bonds. The third-order valence-corrected chi connectivity index (χ3v) is 3.19. The van der Waals surface area contributed by atoms with E-state index >= 15 is 0 Å². The summed E-state index contributed by atoms with van der Waals surface area (Å²) in [4.78, 5) is 0. The van der Waals surface area contributed by atoms with Gasteiger partial charge in [-0.2, -0.15) is 0 Å². The molecule has 2 nitrogen and oxygen atoms in total. The van der Waals surface area contributed by atoms with Gasteiger partial charge in [-0.25, -0.2) is 0 Å². The van der Waals surface area contributed by atoms with Crippen molar-refractivity contribution in [2.45, 2.75) is 25.3 Å². The Morgan fingerprint density at radius 3 is 2.64 bits per heavy atom. The third-order valence-electron chi connectivity index (χ3n) is 2.69. The number of hydrogen-bond donors (Lipinski definition) is 2. The first-order valence-corrected chi connectivity index (χ1v) is 5.40. The van der Waals surface area contributed by atoms with Crippen molar-refractivity contribution in [3.63, 3.8) is 0 Å². The maximum Gasteiger partial charge on any atom is 0.0591 e. The van der Waals surface area contributed by atoms with Crippen molar-refractivity contribution >= 4 is 15.9 Å². The molecule has 0 heterocycles. The molecule has 0 saturated carbocycles. The maximum absolute atomic E-state index is 9.06. The summed E-state index contributed by atoms with van der Waals surface area (Å²) in [7, 11) is 0. The highest BCUT2D eigenvalue weighted by molar-refractivity contribution is 9.10. The average molecular weight is 258 g/mol. The highest BCUT2D eigenvalue weighted by Gasteiger charge is 2.27. The first-order valence-electron chi connectivity index (χ1n) is 4.61. The Balaban J connectivity index is 3.03. The van der Waals surface area contributed by atoms with Crippen LogP contribution in [0, 0.1) is 0 Å². The van der Waals surface area contributed by atoms with E-state index < -0.39 is 0 Å². The van der Waals surface area contributed by atoms with Gasteiger partial charge in [0.15, 0.2) is 0 Å². The molecule has 1 rings (SSSR count). The number of aliphatic hydroxyl groups excluding tert-OH is 1. The Morgan fingerprint density at radius 1 is 1.50 bits per heavy atom. The van der Waals surface area contributed by atoms with E-state index in [1.54, 1.807) is 0 Å². The summed E-state index contributed by atoms with van der Waals surface area (Å²) in [6.07, 6.45) is 0. The normalized spacial score (nSPS) is 14.1. The SMILES string of the molecule is CC(C)(c1cccc(Br)c1)C(N)CO. The van der Waals surface area contributed by atoms with Gasteiger partial charge in [-0.05, 0) is 17.7 Å². The lowest BCUT2D eigenvalue weighted by Gasteiger charge is -2.31. The summed E-state index contributed by atoms with van der Waals surface area (Å²) in [6, 6.07) is 7.78. The van der Waals surface area contributed by atoms with Gasteiger partial charge in [-0.1, -0.05) is 41.9 Å².